The molecule has 7 rings (SSSR count). The number of methoxy groups -OCH3 is 1. The monoisotopic (exact) mass is 583 g/mol. The number of nitrogens with zero attached hydrogens (tertiary/aromatic N) is 5. The largest absolute Gasteiger partial charge is 0.497 e. The predicted octanol–water partition coefficient (Wildman–Crippen LogP) is 2.39. The number of aromatic nitrogens is 5. The van der Waals surface area contributed by atoms with Crippen LogP contribution in [0.4, 0.5) is 5.82 Å². The number of benzene rings is 2. The molecule has 2 aromatic carbocycles. The van der Waals surface area contributed by atoms with Gasteiger partial charge in [0.1, 0.15) is 24.3 Å². The summed E-state index contributed by atoms with van der Waals surface area (Å²) in [5.74, 6) is 0.951. The van der Waals surface area contributed by atoms with Gasteiger partial charge in [0, 0.05) is 36.2 Å². The number of amides is 1. The Labute approximate surface area is 247 Å². The summed E-state index contributed by atoms with van der Waals surface area (Å²) in [5, 5.41) is 28.7. The van der Waals surface area contributed by atoms with Crippen molar-refractivity contribution >= 4 is 33.8 Å². The number of ether oxygens (including phenoxy) is 2. The van der Waals surface area contributed by atoms with E-state index in [0.29, 0.717) is 23.5 Å². The SMILES string of the molecule is COc1ccc(Cn2cc(CCNc3ncnc4c3ncn4C3O[C@H](C(=O)NC4CC4)[C@@H](O)[C@H]3O)c3ccccc32)cc1. The molecule has 3 aromatic heterocycles. The Morgan fingerprint density at radius 3 is 2.67 bits per heavy atom. The quantitative estimate of drug-likeness (QED) is 0.194. The summed E-state index contributed by atoms with van der Waals surface area (Å²) < 4.78 is 14.9. The molecule has 0 bridgehead atoms. The van der Waals surface area contributed by atoms with Crippen LogP contribution in [0.15, 0.2) is 67.4 Å². The first-order valence-corrected chi connectivity index (χ1v) is 14.4. The minimum atomic E-state index is -1.37. The minimum absolute atomic E-state index is 0.111. The summed E-state index contributed by atoms with van der Waals surface area (Å²) in [5.41, 5.74) is 4.48. The van der Waals surface area contributed by atoms with Gasteiger partial charge in [0.2, 0.25) is 0 Å². The molecule has 1 saturated heterocycles. The van der Waals surface area contributed by atoms with Crippen molar-refractivity contribution in [3.63, 3.8) is 0 Å². The van der Waals surface area contributed by atoms with Gasteiger partial charge >= 0.3 is 0 Å². The third-order valence-electron chi connectivity index (χ3n) is 8.12. The normalized spacial score (nSPS) is 21.8. The Kier molecular flexibility index (Phi) is 7.17. The van der Waals surface area contributed by atoms with Crippen molar-refractivity contribution in [3.05, 3.63) is 78.5 Å². The van der Waals surface area contributed by atoms with Crippen LogP contribution in [0.5, 0.6) is 5.75 Å². The summed E-state index contributed by atoms with van der Waals surface area (Å²) in [6.45, 7) is 1.34. The van der Waals surface area contributed by atoms with Gasteiger partial charge in [-0.15, -0.1) is 0 Å². The van der Waals surface area contributed by atoms with Crippen molar-refractivity contribution in [1.29, 1.82) is 0 Å². The number of aliphatic hydroxyl groups excluding tert-OH is 2. The molecule has 4 atom stereocenters. The second-order valence-corrected chi connectivity index (χ2v) is 11.1. The number of aliphatic hydroxyl groups is 2. The van der Waals surface area contributed by atoms with Crippen molar-refractivity contribution in [2.75, 3.05) is 19.0 Å². The zero-order valence-electron chi connectivity index (χ0n) is 23.6. The maximum Gasteiger partial charge on any atom is 0.252 e. The van der Waals surface area contributed by atoms with E-state index < -0.39 is 30.4 Å². The molecule has 5 aromatic rings. The van der Waals surface area contributed by atoms with Crippen LogP contribution in [-0.2, 0) is 22.5 Å². The smallest absolute Gasteiger partial charge is 0.252 e. The number of carbonyl (C=O) groups excluding carboxylic acids is 1. The second kappa shape index (κ2) is 11.3. The maximum absolute atomic E-state index is 12.5. The molecule has 4 heterocycles. The Bertz CT molecular complexity index is 1760. The molecule has 12 heteroatoms. The number of hydrogen-bond acceptors (Lipinski definition) is 9. The minimum Gasteiger partial charge on any atom is -0.497 e. The summed E-state index contributed by atoms with van der Waals surface area (Å²) in [4.78, 5) is 25.8. The van der Waals surface area contributed by atoms with Gasteiger partial charge in [0.05, 0.1) is 13.4 Å². The van der Waals surface area contributed by atoms with Crippen LogP contribution >= 0.6 is 0 Å². The van der Waals surface area contributed by atoms with Crippen molar-refractivity contribution in [2.45, 2.75) is 56.4 Å². The van der Waals surface area contributed by atoms with E-state index in [9.17, 15) is 15.0 Å². The van der Waals surface area contributed by atoms with Gasteiger partial charge in [-0.1, -0.05) is 30.3 Å². The zero-order chi connectivity index (χ0) is 29.5. The lowest BCUT2D eigenvalue weighted by molar-refractivity contribution is -0.137. The number of nitrogens with one attached hydrogen (secondary N) is 2. The standard InChI is InChI=1S/C31H33N7O5/c1-42-21-10-6-18(7-11-21)14-37-15-19(22-4-2-3-5-23(22)37)12-13-32-28-24-29(34-16-33-28)38(17-35-24)31-26(40)25(39)27(43-31)30(41)36-20-8-9-20/h2-7,10-11,15-17,20,25-27,31,39-40H,8-9,12-14H2,1H3,(H,36,41)(H,32,33,34)/t25-,26+,27-,31?/m0/s1. The Morgan fingerprint density at radius 1 is 1.07 bits per heavy atom. The average molecular weight is 584 g/mol. The molecule has 43 heavy (non-hydrogen) atoms. The first-order chi connectivity index (χ1) is 21.0. The number of carbonyl (C=O) groups is 1. The highest BCUT2D eigenvalue weighted by molar-refractivity contribution is 5.85. The van der Waals surface area contributed by atoms with E-state index >= 15 is 0 Å². The van der Waals surface area contributed by atoms with Gasteiger partial charge in [0.15, 0.2) is 29.3 Å². The Morgan fingerprint density at radius 2 is 1.88 bits per heavy atom. The van der Waals surface area contributed by atoms with Gasteiger partial charge in [-0.2, -0.15) is 0 Å². The fourth-order valence-corrected chi connectivity index (χ4v) is 5.68. The third-order valence-corrected chi connectivity index (χ3v) is 8.12. The molecule has 1 aliphatic heterocycles. The van der Waals surface area contributed by atoms with Gasteiger partial charge < -0.3 is 34.9 Å². The van der Waals surface area contributed by atoms with Crippen molar-refractivity contribution in [1.82, 2.24) is 29.4 Å². The molecule has 4 N–H and O–H groups in total. The lowest BCUT2D eigenvalue weighted by Gasteiger charge is -2.16. The molecular formula is C31H33N7O5. The summed E-state index contributed by atoms with van der Waals surface area (Å²) in [6, 6.07) is 16.6. The van der Waals surface area contributed by atoms with E-state index in [4.69, 9.17) is 9.47 Å². The lowest BCUT2D eigenvalue weighted by Crippen LogP contribution is -2.43. The van der Waals surface area contributed by atoms with Crippen LogP contribution in [0.3, 0.4) is 0 Å². The molecule has 2 fully saturated rings. The molecule has 0 radical (unpaired) electrons. The number of fused-ring (bicyclic) bond motifs is 2. The van der Waals surface area contributed by atoms with E-state index in [1.807, 2.05) is 18.2 Å². The van der Waals surface area contributed by atoms with Crippen molar-refractivity contribution in [3.8, 4) is 5.75 Å². The molecule has 1 amide bonds. The van der Waals surface area contributed by atoms with Gasteiger partial charge in [-0.05, 0) is 48.6 Å². The van der Waals surface area contributed by atoms with Crippen LogP contribution in [0.25, 0.3) is 22.1 Å². The van der Waals surface area contributed by atoms with Crippen LogP contribution < -0.4 is 15.4 Å². The molecule has 0 spiro atoms. The average Bonchev–Trinajstić information content (AvgIpc) is 3.52. The van der Waals surface area contributed by atoms with E-state index in [1.54, 1.807) is 7.11 Å². The molecule has 1 unspecified atom stereocenters. The highest BCUT2D eigenvalue weighted by atomic mass is 16.6. The van der Waals surface area contributed by atoms with E-state index in [2.05, 4.69) is 66.7 Å². The van der Waals surface area contributed by atoms with Crippen LogP contribution in [-0.4, -0.2) is 78.2 Å². The molecular weight excluding hydrogens is 550 g/mol. The van der Waals surface area contributed by atoms with E-state index in [0.717, 1.165) is 37.1 Å². The number of rotatable bonds is 10. The van der Waals surface area contributed by atoms with Gasteiger partial charge in [-0.3, -0.25) is 9.36 Å². The fourth-order valence-electron chi connectivity index (χ4n) is 5.68. The summed E-state index contributed by atoms with van der Waals surface area (Å²) in [7, 11) is 1.67. The van der Waals surface area contributed by atoms with Gasteiger partial charge in [0.25, 0.3) is 5.91 Å². The van der Waals surface area contributed by atoms with E-state index in [-0.39, 0.29) is 6.04 Å². The summed E-state index contributed by atoms with van der Waals surface area (Å²) in [6.07, 6.45) is 2.77. The fraction of sp³-hybridized carbons (Fsp3) is 0.355. The third kappa shape index (κ3) is 5.29. The lowest BCUT2D eigenvalue weighted by atomic mass is 10.1. The van der Waals surface area contributed by atoms with Crippen molar-refractivity contribution in [2.24, 2.45) is 0 Å². The van der Waals surface area contributed by atoms with Crippen LogP contribution in [0.1, 0.15) is 30.2 Å². The first-order valence-electron chi connectivity index (χ1n) is 14.4. The van der Waals surface area contributed by atoms with Crippen LogP contribution in [0, 0.1) is 0 Å². The Hall–Kier alpha value is -4.52. The van der Waals surface area contributed by atoms with Crippen LogP contribution in [0.2, 0.25) is 0 Å². The summed E-state index contributed by atoms with van der Waals surface area (Å²) >= 11 is 0. The van der Waals surface area contributed by atoms with Crippen molar-refractivity contribution < 1.29 is 24.5 Å². The molecule has 1 aliphatic carbocycles. The van der Waals surface area contributed by atoms with E-state index in [1.165, 1.54) is 33.7 Å². The molecule has 2 aliphatic rings. The predicted molar refractivity (Wildman–Crippen MR) is 159 cm³/mol. The first kappa shape index (κ1) is 27.3. The number of imidazole rings is 1. The second-order valence-electron chi connectivity index (χ2n) is 11.1. The zero-order valence-corrected chi connectivity index (χ0v) is 23.6. The highest BCUT2D eigenvalue weighted by Gasteiger charge is 2.48. The Balaban J connectivity index is 1.06. The number of para-hydroxylation sites is 1. The molecule has 1 saturated carbocycles. The molecule has 12 nitrogen and oxygen atoms in total. The number of anilines is 1. The highest BCUT2D eigenvalue weighted by Crippen LogP contribution is 2.33. The molecule has 222 valence electrons. The number of hydrogen-bond donors (Lipinski definition) is 4. The maximum atomic E-state index is 12.5. The van der Waals surface area contributed by atoms with Gasteiger partial charge in [-0.25, -0.2) is 15.0 Å². The topological polar surface area (TPSA) is 149 Å².